The Morgan fingerprint density at radius 1 is 1.38 bits per heavy atom. The van der Waals surface area contributed by atoms with Gasteiger partial charge in [0.1, 0.15) is 0 Å². The lowest BCUT2D eigenvalue weighted by atomic mass is 9.90. The van der Waals surface area contributed by atoms with E-state index in [1.54, 1.807) is 11.8 Å². The van der Waals surface area contributed by atoms with E-state index in [0.717, 1.165) is 25.3 Å². The third-order valence-electron chi connectivity index (χ3n) is 4.02. The van der Waals surface area contributed by atoms with Crippen molar-refractivity contribution in [3.05, 3.63) is 35.4 Å². The number of thioether (sulfide) groups is 1. The summed E-state index contributed by atoms with van der Waals surface area (Å²) in [4.78, 5) is 14.1. The zero-order valence-electron chi connectivity index (χ0n) is 12.8. The second kappa shape index (κ2) is 8.06. The van der Waals surface area contributed by atoms with Crippen molar-refractivity contribution in [1.82, 2.24) is 4.90 Å². The molecular weight excluding hydrogens is 304 g/mol. The molecule has 1 aromatic rings. The van der Waals surface area contributed by atoms with Crippen molar-refractivity contribution < 1.29 is 4.79 Å². The number of aryl methyl sites for hydroxylation is 1. The summed E-state index contributed by atoms with van der Waals surface area (Å²) < 4.78 is 0. The fraction of sp³-hybridized carbons (Fsp3) is 0.562. The van der Waals surface area contributed by atoms with Crippen molar-refractivity contribution in [3.8, 4) is 0 Å². The molecule has 0 radical (unpaired) electrons. The number of benzene rings is 1. The van der Waals surface area contributed by atoms with Gasteiger partial charge >= 0.3 is 0 Å². The SMILES string of the molecule is Cc1ccc(CSCC(=O)N2CCC(C)(CN)C2)cc1.Cl. The number of hydrogen-bond acceptors (Lipinski definition) is 3. The van der Waals surface area contributed by atoms with Gasteiger partial charge < -0.3 is 10.6 Å². The van der Waals surface area contributed by atoms with E-state index in [0.29, 0.717) is 12.3 Å². The molecule has 0 saturated carbocycles. The Bertz CT molecular complexity index is 466. The molecule has 2 N–H and O–H groups in total. The first-order chi connectivity index (χ1) is 9.52. The van der Waals surface area contributed by atoms with Crippen LogP contribution in [0.4, 0.5) is 0 Å². The van der Waals surface area contributed by atoms with Crippen LogP contribution in [0.15, 0.2) is 24.3 Å². The van der Waals surface area contributed by atoms with Crippen LogP contribution < -0.4 is 5.73 Å². The molecule has 21 heavy (non-hydrogen) atoms. The molecular formula is C16H25ClN2OS. The third-order valence-corrected chi connectivity index (χ3v) is 5.01. The Morgan fingerprint density at radius 2 is 2.05 bits per heavy atom. The number of carbonyl (C=O) groups is 1. The van der Waals surface area contributed by atoms with Crippen molar-refractivity contribution in [3.63, 3.8) is 0 Å². The van der Waals surface area contributed by atoms with Crippen molar-refractivity contribution in [2.45, 2.75) is 26.0 Å². The highest BCUT2D eigenvalue weighted by Crippen LogP contribution is 2.29. The third kappa shape index (κ3) is 5.20. The second-order valence-corrected chi connectivity index (χ2v) is 7.04. The minimum atomic E-state index is 0. The summed E-state index contributed by atoms with van der Waals surface area (Å²) in [6.07, 6.45) is 1.03. The van der Waals surface area contributed by atoms with Gasteiger partial charge in [0.05, 0.1) is 5.75 Å². The van der Waals surface area contributed by atoms with Crippen molar-refractivity contribution in [2.24, 2.45) is 11.1 Å². The summed E-state index contributed by atoms with van der Waals surface area (Å²) in [5.41, 5.74) is 8.45. The van der Waals surface area contributed by atoms with Gasteiger partial charge in [0.2, 0.25) is 5.91 Å². The number of likely N-dealkylation sites (tertiary alicyclic amines) is 1. The maximum Gasteiger partial charge on any atom is 0.232 e. The van der Waals surface area contributed by atoms with Crippen LogP contribution in [0.3, 0.4) is 0 Å². The van der Waals surface area contributed by atoms with Gasteiger partial charge in [0.25, 0.3) is 0 Å². The molecule has 118 valence electrons. The molecule has 1 fully saturated rings. The van der Waals surface area contributed by atoms with Crippen LogP contribution in [0.1, 0.15) is 24.5 Å². The zero-order valence-corrected chi connectivity index (χ0v) is 14.4. The van der Waals surface area contributed by atoms with Crippen molar-refractivity contribution >= 4 is 30.1 Å². The number of rotatable bonds is 5. The molecule has 1 heterocycles. The maximum atomic E-state index is 12.2. The minimum Gasteiger partial charge on any atom is -0.341 e. The second-order valence-electron chi connectivity index (χ2n) is 6.06. The zero-order chi connectivity index (χ0) is 14.6. The Kier molecular flexibility index (Phi) is 7.04. The number of nitrogens with two attached hydrogens (primary N) is 1. The smallest absolute Gasteiger partial charge is 0.232 e. The Balaban J connectivity index is 0.00000220. The molecule has 3 nitrogen and oxygen atoms in total. The molecule has 0 aliphatic carbocycles. The van der Waals surface area contributed by atoms with Gasteiger partial charge in [-0.2, -0.15) is 0 Å². The molecule has 0 spiro atoms. The van der Waals surface area contributed by atoms with Crippen LogP contribution in [0.5, 0.6) is 0 Å². The molecule has 1 amide bonds. The topological polar surface area (TPSA) is 46.3 Å². The molecule has 2 rings (SSSR count). The van der Waals surface area contributed by atoms with Crippen LogP contribution >= 0.6 is 24.2 Å². The van der Waals surface area contributed by atoms with E-state index in [2.05, 4.69) is 38.1 Å². The van der Waals surface area contributed by atoms with Crippen molar-refractivity contribution in [2.75, 3.05) is 25.4 Å². The van der Waals surface area contributed by atoms with Crippen molar-refractivity contribution in [1.29, 1.82) is 0 Å². The van der Waals surface area contributed by atoms with Crippen LogP contribution in [0.2, 0.25) is 0 Å². The van der Waals surface area contributed by atoms with Gasteiger partial charge in [-0.1, -0.05) is 36.8 Å². The fourth-order valence-corrected chi connectivity index (χ4v) is 3.32. The van der Waals surface area contributed by atoms with Gasteiger partial charge in [0, 0.05) is 18.8 Å². The molecule has 1 atom stereocenters. The lowest BCUT2D eigenvalue weighted by molar-refractivity contribution is -0.127. The van der Waals surface area contributed by atoms with E-state index in [1.165, 1.54) is 11.1 Å². The standard InChI is InChI=1S/C16H24N2OS.ClH/c1-13-3-5-14(6-4-13)9-20-10-15(19)18-8-7-16(2,11-17)12-18;/h3-6H,7-12,17H2,1-2H3;1H. The van der Waals surface area contributed by atoms with E-state index < -0.39 is 0 Å². The number of halogens is 1. The summed E-state index contributed by atoms with van der Waals surface area (Å²) in [6.45, 7) is 6.58. The average Bonchev–Trinajstić information content (AvgIpc) is 2.84. The summed E-state index contributed by atoms with van der Waals surface area (Å²) in [5, 5.41) is 0. The van der Waals surface area contributed by atoms with E-state index >= 15 is 0 Å². The quantitative estimate of drug-likeness (QED) is 0.904. The first kappa shape index (κ1) is 18.3. The van der Waals surface area contributed by atoms with Crippen LogP contribution in [-0.4, -0.2) is 36.2 Å². The molecule has 1 saturated heterocycles. The lowest BCUT2D eigenvalue weighted by Gasteiger charge is -2.22. The Morgan fingerprint density at radius 3 is 2.62 bits per heavy atom. The van der Waals surface area contributed by atoms with Gasteiger partial charge in [-0.15, -0.1) is 24.2 Å². The van der Waals surface area contributed by atoms with Gasteiger partial charge in [-0.05, 0) is 30.9 Å². The Labute approximate surface area is 138 Å². The van der Waals surface area contributed by atoms with E-state index in [4.69, 9.17) is 5.73 Å². The number of amides is 1. The van der Waals surface area contributed by atoms with Gasteiger partial charge in [-0.3, -0.25) is 4.79 Å². The molecule has 1 aliphatic heterocycles. The first-order valence-electron chi connectivity index (χ1n) is 7.13. The minimum absolute atomic E-state index is 0. The highest BCUT2D eigenvalue weighted by atomic mass is 35.5. The van der Waals surface area contributed by atoms with E-state index in [9.17, 15) is 4.79 Å². The molecule has 1 aliphatic rings. The maximum absolute atomic E-state index is 12.2. The largest absolute Gasteiger partial charge is 0.341 e. The highest BCUT2D eigenvalue weighted by Gasteiger charge is 2.34. The van der Waals surface area contributed by atoms with E-state index in [1.807, 2.05) is 4.90 Å². The van der Waals surface area contributed by atoms with Crippen LogP contribution in [0.25, 0.3) is 0 Å². The summed E-state index contributed by atoms with van der Waals surface area (Å²) in [5.74, 6) is 1.71. The molecule has 5 heteroatoms. The van der Waals surface area contributed by atoms with E-state index in [-0.39, 0.29) is 23.7 Å². The molecule has 1 aromatic carbocycles. The number of nitrogens with zero attached hydrogens (tertiary/aromatic N) is 1. The van der Waals surface area contributed by atoms with Crippen LogP contribution in [0, 0.1) is 12.3 Å². The first-order valence-corrected chi connectivity index (χ1v) is 8.29. The fourth-order valence-electron chi connectivity index (χ4n) is 2.44. The monoisotopic (exact) mass is 328 g/mol. The van der Waals surface area contributed by atoms with Gasteiger partial charge in [0.15, 0.2) is 0 Å². The van der Waals surface area contributed by atoms with Gasteiger partial charge in [-0.25, -0.2) is 0 Å². The molecule has 1 unspecified atom stereocenters. The molecule has 0 bridgehead atoms. The molecule has 0 aromatic heterocycles. The normalized spacial score (nSPS) is 21.2. The Hall–Kier alpha value is -0.710. The predicted molar refractivity (Wildman–Crippen MR) is 92.9 cm³/mol. The summed E-state index contributed by atoms with van der Waals surface area (Å²) in [7, 11) is 0. The van der Waals surface area contributed by atoms with Crippen LogP contribution in [-0.2, 0) is 10.5 Å². The predicted octanol–water partition coefficient (Wildman–Crippen LogP) is 2.85. The summed E-state index contributed by atoms with van der Waals surface area (Å²) in [6, 6.07) is 8.50. The highest BCUT2D eigenvalue weighted by molar-refractivity contribution is 7.99. The lowest BCUT2D eigenvalue weighted by Crippen LogP contribution is -2.35. The number of hydrogen-bond donors (Lipinski definition) is 1. The average molecular weight is 329 g/mol. The number of carbonyl (C=O) groups excluding carboxylic acids is 1. The summed E-state index contributed by atoms with van der Waals surface area (Å²) >= 11 is 1.69.